The Bertz CT molecular complexity index is 692. The van der Waals surface area contributed by atoms with Gasteiger partial charge in [0, 0.05) is 16.7 Å². The van der Waals surface area contributed by atoms with Gasteiger partial charge in [0.2, 0.25) is 0 Å². The van der Waals surface area contributed by atoms with Gasteiger partial charge in [0.15, 0.2) is 6.04 Å². The molecule has 0 amide bonds. The van der Waals surface area contributed by atoms with Gasteiger partial charge in [-0.3, -0.25) is 4.99 Å². The molecule has 0 bridgehead atoms. The molecule has 1 aliphatic heterocycles. The van der Waals surface area contributed by atoms with Crippen LogP contribution in [0.5, 0.6) is 5.75 Å². The molecule has 0 aromatic heterocycles. The quantitative estimate of drug-likeness (QED) is 0.476. The van der Waals surface area contributed by atoms with E-state index in [9.17, 15) is 4.79 Å². The lowest BCUT2D eigenvalue weighted by Crippen LogP contribution is -2.23. The molecule has 0 spiro atoms. The number of carboxylic acids is 1. The fraction of sp³-hybridized carbons (Fsp3) is 0.471. The topological polar surface area (TPSA) is 83.3 Å². The summed E-state index contributed by atoms with van der Waals surface area (Å²) in [5.41, 5.74) is 1.40. The van der Waals surface area contributed by atoms with E-state index < -0.39 is 12.0 Å². The number of aliphatic imine (C=N–C) groups is 2. The lowest BCUT2D eigenvalue weighted by atomic mass is 10.2. The third-order valence-electron chi connectivity index (χ3n) is 3.79. The van der Waals surface area contributed by atoms with Crippen LogP contribution in [0.15, 0.2) is 33.1 Å². The highest BCUT2D eigenvalue weighted by molar-refractivity contribution is 8.16. The monoisotopic (exact) mass is 381 g/mol. The van der Waals surface area contributed by atoms with Crippen molar-refractivity contribution < 1.29 is 14.6 Å². The molecule has 25 heavy (non-hydrogen) atoms. The number of rotatable bonds is 8. The van der Waals surface area contributed by atoms with Gasteiger partial charge in [0.05, 0.1) is 18.0 Å². The Morgan fingerprint density at radius 2 is 2.36 bits per heavy atom. The highest BCUT2D eigenvalue weighted by atomic mass is 32.2. The first-order valence-electron chi connectivity index (χ1n) is 8.03. The van der Waals surface area contributed by atoms with Crippen LogP contribution in [-0.2, 0) is 4.79 Å². The smallest absolute Gasteiger partial charge is 0.329 e. The number of benzene rings is 1. The van der Waals surface area contributed by atoms with Gasteiger partial charge in [-0.25, -0.2) is 9.79 Å². The van der Waals surface area contributed by atoms with E-state index in [1.807, 2.05) is 32.2 Å². The zero-order valence-electron chi connectivity index (χ0n) is 14.5. The summed E-state index contributed by atoms with van der Waals surface area (Å²) in [6.45, 7) is 4.56. The molecule has 8 heteroatoms. The predicted molar refractivity (Wildman–Crippen MR) is 106 cm³/mol. The summed E-state index contributed by atoms with van der Waals surface area (Å²) < 4.78 is 5.73. The lowest BCUT2D eigenvalue weighted by molar-refractivity contribution is -0.137. The summed E-state index contributed by atoms with van der Waals surface area (Å²) >= 11 is 5.89. The van der Waals surface area contributed by atoms with Crippen molar-refractivity contribution in [2.24, 2.45) is 9.98 Å². The van der Waals surface area contributed by atoms with Crippen LogP contribution in [0.3, 0.4) is 0 Å². The van der Waals surface area contributed by atoms with Crippen molar-refractivity contribution in [3.8, 4) is 5.75 Å². The Morgan fingerprint density at radius 1 is 1.60 bits per heavy atom. The molecule has 0 radical (unpaired) electrons. The summed E-state index contributed by atoms with van der Waals surface area (Å²) in [4.78, 5) is 20.4. The number of hydrogen-bond acceptors (Lipinski definition) is 7. The SMILES string of the molecule is CNC(C)CCOc1ccc(N=C(C)C2=N[C@@H](C(=O)O)CS2)c(S)c1. The molecule has 2 atom stereocenters. The van der Waals surface area contributed by atoms with Gasteiger partial charge in [0.25, 0.3) is 0 Å². The second-order valence-corrected chi connectivity index (χ2v) is 7.26. The van der Waals surface area contributed by atoms with Crippen LogP contribution in [0.25, 0.3) is 0 Å². The first-order valence-corrected chi connectivity index (χ1v) is 9.46. The van der Waals surface area contributed by atoms with E-state index in [-0.39, 0.29) is 0 Å². The minimum absolute atomic E-state index is 0.404. The number of thiol groups is 1. The van der Waals surface area contributed by atoms with Gasteiger partial charge in [0.1, 0.15) is 10.8 Å². The van der Waals surface area contributed by atoms with Gasteiger partial charge >= 0.3 is 5.97 Å². The molecule has 1 aromatic carbocycles. The van der Waals surface area contributed by atoms with Crippen molar-refractivity contribution in [3.05, 3.63) is 18.2 Å². The summed E-state index contributed by atoms with van der Waals surface area (Å²) in [7, 11) is 1.93. The van der Waals surface area contributed by atoms with Gasteiger partial charge < -0.3 is 15.2 Å². The molecule has 1 aromatic rings. The third kappa shape index (κ3) is 5.76. The van der Waals surface area contributed by atoms with Crippen LogP contribution in [0.4, 0.5) is 5.69 Å². The second kappa shape index (κ2) is 9.26. The van der Waals surface area contributed by atoms with Crippen LogP contribution in [-0.4, -0.2) is 53.3 Å². The van der Waals surface area contributed by atoms with E-state index in [0.717, 1.165) is 12.2 Å². The number of carbonyl (C=O) groups is 1. The lowest BCUT2D eigenvalue weighted by Gasteiger charge is -2.12. The zero-order valence-corrected chi connectivity index (χ0v) is 16.2. The average molecular weight is 382 g/mol. The molecule has 0 aliphatic carbocycles. The first-order chi connectivity index (χ1) is 11.9. The van der Waals surface area contributed by atoms with E-state index in [1.165, 1.54) is 11.8 Å². The van der Waals surface area contributed by atoms with E-state index in [0.29, 0.717) is 39.7 Å². The minimum atomic E-state index is -0.903. The molecule has 0 saturated heterocycles. The molecule has 2 N–H and O–H groups in total. The maximum Gasteiger partial charge on any atom is 0.329 e. The van der Waals surface area contributed by atoms with Crippen molar-refractivity contribution in [2.45, 2.75) is 37.2 Å². The first kappa shape index (κ1) is 19.8. The number of hydrogen-bond donors (Lipinski definition) is 3. The van der Waals surface area contributed by atoms with Crippen LogP contribution in [0.2, 0.25) is 0 Å². The number of nitrogens with one attached hydrogen (secondary N) is 1. The fourth-order valence-electron chi connectivity index (χ4n) is 2.11. The molecule has 2 rings (SSSR count). The Hall–Kier alpha value is -1.51. The van der Waals surface area contributed by atoms with Crippen LogP contribution < -0.4 is 10.1 Å². The van der Waals surface area contributed by atoms with Crippen molar-refractivity contribution in [1.82, 2.24) is 5.32 Å². The summed E-state index contributed by atoms with van der Waals surface area (Å²) in [5.74, 6) is 0.297. The molecular formula is C17H23N3O3S2. The zero-order chi connectivity index (χ0) is 18.4. The normalized spacial score (nSPS) is 18.8. The minimum Gasteiger partial charge on any atom is -0.493 e. The summed E-state index contributed by atoms with van der Waals surface area (Å²) in [6, 6.07) is 5.26. The highest BCUT2D eigenvalue weighted by Crippen LogP contribution is 2.29. The standard InChI is InChI=1S/C17H23N3O3S2/c1-10(18-3)6-7-23-12-4-5-13(15(24)8-12)19-11(2)16-20-14(9-25-16)17(21)22/h4-5,8,10,14,18,24H,6-7,9H2,1-3H3,(H,21,22)/t10?,14-/m1/s1. The molecule has 1 aliphatic rings. The third-order valence-corrected chi connectivity index (χ3v) is 5.31. The van der Waals surface area contributed by atoms with Gasteiger partial charge in [-0.2, -0.15) is 0 Å². The molecule has 136 valence electrons. The number of ether oxygens (including phenoxy) is 1. The number of carboxylic acid groups (broad SMARTS) is 1. The van der Waals surface area contributed by atoms with Crippen LogP contribution in [0.1, 0.15) is 20.3 Å². The molecule has 0 fully saturated rings. The number of nitrogens with zero attached hydrogens (tertiary/aromatic N) is 2. The fourth-order valence-corrected chi connectivity index (χ4v) is 3.35. The Labute approximate surface area is 157 Å². The van der Waals surface area contributed by atoms with Crippen molar-refractivity contribution in [2.75, 3.05) is 19.4 Å². The van der Waals surface area contributed by atoms with Crippen molar-refractivity contribution >= 4 is 46.8 Å². The van der Waals surface area contributed by atoms with Gasteiger partial charge in [-0.05, 0) is 45.5 Å². The second-order valence-electron chi connectivity index (χ2n) is 5.77. The largest absolute Gasteiger partial charge is 0.493 e. The van der Waals surface area contributed by atoms with Gasteiger partial charge in [-0.1, -0.05) is 0 Å². The molecule has 6 nitrogen and oxygen atoms in total. The van der Waals surface area contributed by atoms with E-state index >= 15 is 0 Å². The molecule has 1 heterocycles. The number of aliphatic carboxylic acids is 1. The predicted octanol–water partition coefficient (Wildman–Crippen LogP) is 3.04. The van der Waals surface area contributed by atoms with Crippen LogP contribution in [0, 0.1) is 0 Å². The highest BCUT2D eigenvalue weighted by Gasteiger charge is 2.25. The van der Waals surface area contributed by atoms with E-state index in [1.54, 1.807) is 0 Å². The molecular weight excluding hydrogens is 358 g/mol. The van der Waals surface area contributed by atoms with E-state index in [2.05, 4.69) is 34.9 Å². The summed E-state index contributed by atoms with van der Waals surface area (Å²) in [5, 5.41) is 12.8. The Morgan fingerprint density at radius 3 is 2.96 bits per heavy atom. The molecule has 1 unspecified atom stereocenters. The van der Waals surface area contributed by atoms with Gasteiger partial charge in [-0.15, -0.1) is 24.4 Å². The molecule has 0 saturated carbocycles. The Kier molecular flexibility index (Phi) is 7.34. The Balaban J connectivity index is 2.03. The average Bonchev–Trinajstić information content (AvgIpc) is 3.07. The maximum absolute atomic E-state index is 11.0. The van der Waals surface area contributed by atoms with Crippen molar-refractivity contribution in [1.29, 1.82) is 0 Å². The number of thioether (sulfide) groups is 1. The summed E-state index contributed by atoms with van der Waals surface area (Å²) in [6.07, 6.45) is 0.916. The maximum atomic E-state index is 11.0. The van der Waals surface area contributed by atoms with Crippen molar-refractivity contribution in [3.63, 3.8) is 0 Å². The van der Waals surface area contributed by atoms with E-state index in [4.69, 9.17) is 9.84 Å². The van der Waals surface area contributed by atoms with Crippen LogP contribution >= 0.6 is 24.4 Å².